The van der Waals surface area contributed by atoms with E-state index in [4.69, 9.17) is 0 Å². The summed E-state index contributed by atoms with van der Waals surface area (Å²) in [5.41, 5.74) is 4.48. The number of hydrogen-bond acceptors (Lipinski definition) is 3. The number of carbonyl (C=O) groups excluding carboxylic acids is 1. The number of piperazine rings is 1. The van der Waals surface area contributed by atoms with Crippen LogP contribution in [0, 0.1) is 6.92 Å². The molecule has 1 aromatic carbocycles. The van der Waals surface area contributed by atoms with Crippen molar-refractivity contribution in [2.24, 2.45) is 0 Å². The Morgan fingerprint density at radius 3 is 2.46 bits per heavy atom. The molecular weight excluding hydrogens is 369 g/mol. The van der Waals surface area contributed by atoms with Crippen LogP contribution in [0.5, 0.6) is 0 Å². The maximum Gasteiger partial charge on any atom is 0.227 e. The van der Waals surface area contributed by atoms with Crippen molar-refractivity contribution in [3.05, 3.63) is 65.0 Å². The number of carbonyl (C=O) groups is 1. The molecule has 3 rings (SSSR count). The molecule has 0 aliphatic carbocycles. The van der Waals surface area contributed by atoms with Crippen molar-refractivity contribution in [3.63, 3.8) is 0 Å². The van der Waals surface area contributed by atoms with Gasteiger partial charge in [0.15, 0.2) is 0 Å². The third-order valence-electron chi connectivity index (χ3n) is 4.66. The Morgan fingerprint density at radius 1 is 1.15 bits per heavy atom. The van der Waals surface area contributed by atoms with Gasteiger partial charge in [0.05, 0.1) is 12.5 Å². The first-order valence-corrected chi connectivity index (χ1v) is 8.68. The summed E-state index contributed by atoms with van der Waals surface area (Å²) in [6.07, 6.45) is 3.25. The SMILES string of the molecule is CCc1ccc(C2CNCCN2C(=O)Cc2ccc(C)nc2)cc1.Cl.Cl. The zero-order chi connectivity index (χ0) is 16.9. The Hall–Kier alpha value is -1.62. The number of pyridine rings is 1. The largest absolute Gasteiger partial charge is 0.333 e. The molecule has 2 aromatic rings. The van der Waals surface area contributed by atoms with Gasteiger partial charge in [-0.1, -0.05) is 37.3 Å². The topological polar surface area (TPSA) is 45.2 Å². The van der Waals surface area contributed by atoms with Crippen LogP contribution in [0.2, 0.25) is 0 Å². The molecule has 1 aromatic heterocycles. The van der Waals surface area contributed by atoms with Crippen molar-refractivity contribution in [1.82, 2.24) is 15.2 Å². The van der Waals surface area contributed by atoms with E-state index in [9.17, 15) is 4.79 Å². The molecule has 0 bridgehead atoms. The third kappa shape index (κ3) is 5.44. The Morgan fingerprint density at radius 2 is 1.85 bits per heavy atom. The second kappa shape index (κ2) is 10.5. The van der Waals surface area contributed by atoms with Crippen molar-refractivity contribution in [2.45, 2.75) is 32.7 Å². The van der Waals surface area contributed by atoms with Gasteiger partial charge in [-0.15, -0.1) is 24.8 Å². The summed E-state index contributed by atoms with van der Waals surface area (Å²) < 4.78 is 0. The van der Waals surface area contributed by atoms with Gasteiger partial charge in [0, 0.05) is 31.5 Å². The summed E-state index contributed by atoms with van der Waals surface area (Å²) >= 11 is 0. The van der Waals surface area contributed by atoms with Crippen LogP contribution in [0.1, 0.15) is 35.3 Å². The van der Waals surface area contributed by atoms with E-state index in [0.29, 0.717) is 6.42 Å². The van der Waals surface area contributed by atoms with Crippen molar-refractivity contribution in [3.8, 4) is 0 Å². The van der Waals surface area contributed by atoms with Crippen LogP contribution in [0.4, 0.5) is 0 Å². The van der Waals surface area contributed by atoms with Crippen LogP contribution in [-0.4, -0.2) is 35.4 Å². The van der Waals surface area contributed by atoms with Crippen molar-refractivity contribution in [2.75, 3.05) is 19.6 Å². The molecule has 0 saturated carbocycles. The van der Waals surface area contributed by atoms with Crippen LogP contribution >= 0.6 is 24.8 Å². The van der Waals surface area contributed by atoms with Crippen molar-refractivity contribution < 1.29 is 4.79 Å². The predicted molar refractivity (Wildman–Crippen MR) is 110 cm³/mol. The summed E-state index contributed by atoms with van der Waals surface area (Å²) in [6, 6.07) is 12.7. The average Bonchev–Trinajstić information content (AvgIpc) is 2.63. The molecule has 0 radical (unpaired) electrons. The minimum Gasteiger partial charge on any atom is -0.333 e. The number of nitrogens with zero attached hydrogens (tertiary/aromatic N) is 2. The quantitative estimate of drug-likeness (QED) is 0.860. The number of halogens is 2. The molecule has 1 amide bonds. The van der Waals surface area contributed by atoms with Crippen molar-refractivity contribution >= 4 is 30.7 Å². The molecular formula is C20H27Cl2N3O. The Bertz CT molecular complexity index is 689. The van der Waals surface area contributed by atoms with Gasteiger partial charge in [-0.05, 0) is 36.1 Å². The first-order valence-electron chi connectivity index (χ1n) is 8.68. The maximum atomic E-state index is 12.8. The highest BCUT2D eigenvalue weighted by molar-refractivity contribution is 5.85. The molecule has 1 fully saturated rings. The Labute approximate surface area is 168 Å². The molecule has 1 saturated heterocycles. The summed E-state index contributed by atoms with van der Waals surface area (Å²) in [5, 5.41) is 3.41. The molecule has 1 N–H and O–H groups in total. The Balaban J connectivity index is 0.00000169. The molecule has 1 unspecified atom stereocenters. The number of hydrogen-bond donors (Lipinski definition) is 1. The van der Waals surface area contributed by atoms with Crippen LogP contribution in [0.3, 0.4) is 0 Å². The lowest BCUT2D eigenvalue weighted by molar-refractivity contribution is -0.133. The van der Waals surface area contributed by atoms with E-state index in [1.54, 1.807) is 6.20 Å². The van der Waals surface area contributed by atoms with Gasteiger partial charge in [0.2, 0.25) is 5.91 Å². The van der Waals surface area contributed by atoms with Crippen LogP contribution in [0.25, 0.3) is 0 Å². The van der Waals surface area contributed by atoms with E-state index in [0.717, 1.165) is 37.3 Å². The number of aryl methyl sites for hydroxylation is 2. The van der Waals surface area contributed by atoms with Crippen LogP contribution in [0.15, 0.2) is 42.6 Å². The van der Waals surface area contributed by atoms with E-state index >= 15 is 0 Å². The fourth-order valence-electron chi connectivity index (χ4n) is 3.16. The molecule has 4 nitrogen and oxygen atoms in total. The smallest absolute Gasteiger partial charge is 0.227 e. The lowest BCUT2D eigenvalue weighted by Crippen LogP contribution is -2.49. The van der Waals surface area contributed by atoms with Gasteiger partial charge in [-0.2, -0.15) is 0 Å². The predicted octanol–water partition coefficient (Wildman–Crippen LogP) is 3.51. The summed E-state index contributed by atoms with van der Waals surface area (Å²) in [7, 11) is 0. The lowest BCUT2D eigenvalue weighted by atomic mass is 10.00. The molecule has 2 heterocycles. The summed E-state index contributed by atoms with van der Waals surface area (Å²) in [5.74, 6) is 0.173. The molecule has 1 atom stereocenters. The number of benzene rings is 1. The summed E-state index contributed by atoms with van der Waals surface area (Å²) in [4.78, 5) is 19.1. The fourth-order valence-corrected chi connectivity index (χ4v) is 3.16. The van der Waals surface area contributed by atoms with Crippen LogP contribution < -0.4 is 5.32 Å². The standard InChI is InChI=1S/C20H25N3O.2ClH/c1-3-16-6-8-18(9-7-16)19-14-21-10-11-23(19)20(24)12-17-5-4-15(2)22-13-17;;/h4-9,13,19,21H,3,10-12,14H2,1-2H3;2*1H. The minimum atomic E-state index is 0. The highest BCUT2D eigenvalue weighted by atomic mass is 35.5. The average molecular weight is 396 g/mol. The lowest BCUT2D eigenvalue weighted by Gasteiger charge is -2.36. The second-order valence-electron chi connectivity index (χ2n) is 6.39. The normalized spacial score (nSPS) is 16.4. The van der Waals surface area contributed by atoms with Crippen LogP contribution in [-0.2, 0) is 17.6 Å². The van der Waals surface area contributed by atoms with Gasteiger partial charge >= 0.3 is 0 Å². The number of amides is 1. The molecule has 6 heteroatoms. The van der Waals surface area contributed by atoms with Gasteiger partial charge in [-0.3, -0.25) is 9.78 Å². The van der Waals surface area contributed by atoms with E-state index < -0.39 is 0 Å². The van der Waals surface area contributed by atoms with Gasteiger partial charge in [-0.25, -0.2) is 0 Å². The van der Waals surface area contributed by atoms with Gasteiger partial charge in [0.25, 0.3) is 0 Å². The van der Waals surface area contributed by atoms with Gasteiger partial charge < -0.3 is 10.2 Å². The summed E-state index contributed by atoms with van der Waals surface area (Å²) in [6.45, 7) is 6.52. The Kier molecular flexibility index (Phi) is 9.06. The molecule has 1 aliphatic heterocycles. The first-order chi connectivity index (χ1) is 11.7. The zero-order valence-corrected chi connectivity index (χ0v) is 16.9. The van der Waals surface area contributed by atoms with E-state index in [1.165, 1.54) is 11.1 Å². The molecule has 26 heavy (non-hydrogen) atoms. The number of nitrogens with one attached hydrogen (secondary N) is 1. The van der Waals surface area contributed by atoms with E-state index in [1.807, 2.05) is 24.0 Å². The monoisotopic (exact) mass is 395 g/mol. The fraction of sp³-hybridized carbons (Fsp3) is 0.400. The van der Waals surface area contributed by atoms with Crippen molar-refractivity contribution in [1.29, 1.82) is 0 Å². The third-order valence-corrected chi connectivity index (χ3v) is 4.66. The maximum absolute atomic E-state index is 12.8. The van der Waals surface area contributed by atoms with E-state index in [2.05, 4.69) is 41.5 Å². The minimum absolute atomic E-state index is 0. The highest BCUT2D eigenvalue weighted by Crippen LogP contribution is 2.23. The zero-order valence-electron chi connectivity index (χ0n) is 15.3. The molecule has 1 aliphatic rings. The highest BCUT2D eigenvalue weighted by Gasteiger charge is 2.27. The van der Waals surface area contributed by atoms with Gasteiger partial charge in [0.1, 0.15) is 0 Å². The second-order valence-corrected chi connectivity index (χ2v) is 6.39. The first kappa shape index (κ1) is 22.4. The number of rotatable bonds is 4. The van der Waals surface area contributed by atoms with E-state index in [-0.39, 0.29) is 36.8 Å². The number of aromatic nitrogens is 1. The molecule has 0 spiro atoms. The molecule has 142 valence electrons.